The highest BCUT2D eigenvalue weighted by Crippen LogP contribution is 2.22. The maximum atomic E-state index is 11.9. The van der Waals surface area contributed by atoms with Crippen molar-refractivity contribution in [3.63, 3.8) is 0 Å². The normalized spacial score (nSPS) is 19.6. The van der Waals surface area contributed by atoms with Crippen molar-refractivity contribution in [1.82, 2.24) is 4.90 Å². The molecule has 1 fully saturated rings. The van der Waals surface area contributed by atoms with Crippen molar-refractivity contribution in [2.45, 2.75) is 12.5 Å². The van der Waals surface area contributed by atoms with Crippen LogP contribution in [0.4, 0.5) is 11.4 Å². The SMILES string of the molecule is COC1CCN(CC(=O)Nc2ccc(Cl)cc2N)C1. The molecule has 1 heterocycles. The molecule has 1 atom stereocenters. The van der Waals surface area contributed by atoms with Gasteiger partial charge >= 0.3 is 0 Å². The van der Waals surface area contributed by atoms with Crippen LogP contribution in [-0.4, -0.2) is 43.7 Å². The number of ether oxygens (including phenoxy) is 1. The quantitative estimate of drug-likeness (QED) is 0.824. The summed E-state index contributed by atoms with van der Waals surface area (Å²) in [5, 5.41) is 3.35. The minimum atomic E-state index is -0.0780. The number of halogens is 1. The number of nitrogens with two attached hydrogens (primary N) is 1. The van der Waals surface area contributed by atoms with Crippen molar-refractivity contribution < 1.29 is 9.53 Å². The number of hydrogen-bond acceptors (Lipinski definition) is 4. The Kier molecular flexibility index (Phi) is 4.63. The zero-order valence-electron chi connectivity index (χ0n) is 10.9. The van der Waals surface area contributed by atoms with E-state index >= 15 is 0 Å². The molecule has 3 N–H and O–H groups in total. The number of amides is 1. The number of nitrogens with zero attached hydrogens (tertiary/aromatic N) is 1. The Labute approximate surface area is 117 Å². The smallest absolute Gasteiger partial charge is 0.238 e. The van der Waals surface area contributed by atoms with Crippen molar-refractivity contribution in [2.75, 3.05) is 37.8 Å². The molecule has 1 amide bonds. The molecule has 0 radical (unpaired) electrons. The van der Waals surface area contributed by atoms with Crippen molar-refractivity contribution >= 4 is 28.9 Å². The number of nitrogens with one attached hydrogen (secondary N) is 1. The maximum absolute atomic E-state index is 11.9. The maximum Gasteiger partial charge on any atom is 0.238 e. The van der Waals surface area contributed by atoms with Crippen molar-refractivity contribution in [3.8, 4) is 0 Å². The van der Waals surface area contributed by atoms with Gasteiger partial charge in [-0.15, -0.1) is 0 Å². The molecule has 1 unspecified atom stereocenters. The minimum absolute atomic E-state index is 0.0780. The Balaban J connectivity index is 1.87. The highest BCUT2D eigenvalue weighted by molar-refractivity contribution is 6.31. The summed E-state index contributed by atoms with van der Waals surface area (Å²) in [6, 6.07) is 5.02. The molecule has 104 valence electrons. The van der Waals surface area contributed by atoms with Crippen LogP contribution in [0.2, 0.25) is 5.02 Å². The minimum Gasteiger partial charge on any atom is -0.397 e. The first-order valence-electron chi connectivity index (χ1n) is 6.18. The second kappa shape index (κ2) is 6.23. The number of carbonyl (C=O) groups excluding carboxylic acids is 1. The van der Waals surface area contributed by atoms with Crippen LogP contribution in [0, 0.1) is 0 Å². The Morgan fingerprint density at radius 1 is 1.63 bits per heavy atom. The molecule has 0 bridgehead atoms. The molecule has 0 spiro atoms. The summed E-state index contributed by atoms with van der Waals surface area (Å²) in [6.07, 6.45) is 1.20. The molecule has 1 saturated heterocycles. The van der Waals surface area contributed by atoms with Crippen LogP contribution < -0.4 is 11.1 Å². The van der Waals surface area contributed by atoms with Crippen molar-refractivity contribution in [2.24, 2.45) is 0 Å². The lowest BCUT2D eigenvalue weighted by Crippen LogP contribution is -2.32. The van der Waals surface area contributed by atoms with Crippen LogP contribution in [0.5, 0.6) is 0 Å². The summed E-state index contributed by atoms with van der Waals surface area (Å²) in [6.45, 7) is 2.02. The number of benzene rings is 1. The fraction of sp³-hybridized carbons (Fsp3) is 0.462. The third kappa shape index (κ3) is 3.83. The lowest BCUT2D eigenvalue weighted by molar-refractivity contribution is -0.117. The van der Waals surface area contributed by atoms with Gasteiger partial charge in [-0.2, -0.15) is 0 Å². The topological polar surface area (TPSA) is 67.6 Å². The van der Waals surface area contributed by atoms with Gasteiger partial charge in [0.05, 0.1) is 24.0 Å². The lowest BCUT2D eigenvalue weighted by Gasteiger charge is -2.15. The highest BCUT2D eigenvalue weighted by atomic mass is 35.5. The Morgan fingerprint density at radius 2 is 2.42 bits per heavy atom. The van der Waals surface area contributed by atoms with E-state index in [9.17, 15) is 4.79 Å². The second-order valence-corrected chi connectivity index (χ2v) is 5.10. The molecule has 1 aromatic rings. The molecule has 1 aromatic carbocycles. The van der Waals surface area contributed by atoms with E-state index in [4.69, 9.17) is 22.1 Å². The highest BCUT2D eigenvalue weighted by Gasteiger charge is 2.23. The average Bonchev–Trinajstić information content (AvgIpc) is 2.80. The summed E-state index contributed by atoms with van der Waals surface area (Å²) >= 11 is 5.81. The van der Waals surface area contributed by atoms with E-state index < -0.39 is 0 Å². The van der Waals surface area contributed by atoms with Gasteiger partial charge < -0.3 is 15.8 Å². The van der Waals surface area contributed by atoms with Gasteiger partial charge in [0, 0.05) is 25.2 Å². The predicted molar refractivity (Wildman–Crippen MR) is 76.3 cm³/mol. The number of likely N-dealkylation sites (tertiary alicyclic amines) is 1. The van der Waals surface area contributed by atoms with Gasteiger partial charge in [0.15, 0.2) is 0 Å². The molecule has 0 saturated carbocycles. The van der Waals surface area contributed by atoms with Crippen molar-refractivity contribution in [3.05, 3.63) is 23.2 Å². The van der Waals surface area contributed by atoms with Crippen LogP contribution >= 0.6 is 11.6 Å². The van der Waals surface area contributed by atoms with Crippen LogP contribution in [0.3, 0.4) is 0 Å². The summed E-state index contributed by atoms with van der Waals surface area (Å²) in [7, 11) is 1.70. The van der Waals surface area contributed by atoms with E-state index in [2.05, 4.69) is 10.2 Å². The molecule has 0 aliphatic carbocycles. The molecule has 2 rings (SSSR count). The second-order valence-electron chi connectivity index (χ2n) is 4.66. The number of methoxy groups -OCH3 is 1. The number of anilines is 2. The molecular weight excluding hydrogens is 266 g/mol. The number of rotatable bonds is 4. The monoisotopic (exact) mass is 283 g/mol. The number of hydrogen-bond donors (Lipinski definition) is 2. The first-order valence-corrected chi connectivity index (χ1v) is 6.56. The fourth-order valence-electron chi connectivity index (χ4n) is 2.17. The summed E-state index contributed by atoms with van der Waals surface area (Å²) in [5.74, 6) is -0.0780. The molecule has 0 aromatic heterocycles. The number of nitrogen functional groups attached to an aromatic ring is 1. The third-order valence-electron chi connectivity index (χ3n) is 3.22. The van der Waals surface area contributed by atoms with E-state index in [1.807, 2.05) is 0 Å². The van der Waals surface area contributed by atoms with E-state index in [0.29, 0.717) is 22.9 Å². The lowest BCUT2D eigenvalue weighted by atomic mass is 10.2. The molecular formula is C13H18ClN3O2. The summed E-state index contributed by atoms with van der Waals surface area (Å²) < 4.78 is 5.27. The van der Waals surface area contributed by atoms with Gasteiger partial charge in [-0.1, -0.05) is 11.6 Å². The molecule has 1 aliphatic heterocycles. The first kappa shape index (κ1) is 14.1. The molecule has 19 heavy (non-hydrogen) atoms. The Morgan fingerprint density at radius 3 is 3.05 bits per heavy atom. The van der Waals surface area contributed by atoms with Crippen molar-refractivity contribution in [1.29, 1.82) is 0 Å². The first-order chi connectivity index (χ1) is 9.08. The van der Waals surface area contributed by atoms with Crippen LogP contribution in [0.15, 0.2) is 18.2 Å². The van der Waals surface area contributed by atoms with Gasteiger partial charge in [0.25, 0.3) is 0 Å². The summed E-state index contributed by atoms with van der Waals surface area (Å²) in [5.41, 5.74) is 6.85. The van der Waals surface area contributed by atoms with Gasteiger partial charge in [0.2, 0.25) is 5.91 Å². The standard InChI is InChI=1S/C13H18ClN3O2/c1-19-10-4-5-17(7-10)8-13(18)16-12-3-2-9(14)6-11(12)15/h2-3,6,10H,4-5,7-8,15H2,1H3,(H,16,18). The van der Waals surface area contributed by atoms with Gasteiger partial charge in [-0.25, -0.2) is 0 Å². The van der Waals surface area contributed by atoms with E-state index in [0.717, 1.165) is 19.5 Å². The molecule has 1 aliphatic rings. The van der Waals surface area contributed by atoms with Gasteiger partial charge in [0.1, 0.15) is 0 Å². The van der Waals surface area contributed by atoms with E-state index in [1.54, 1.807) is 25.3 Å². The summed E-state index contributed by atoms with van der Waals surface area (Å²) in [4.78, 5) is 14.0. The number of carbonyl (C=O) groups is 1. The van der Waals surface area contributed by atoms with Crippen LogP contribution in [-0.2, 0) is 9.53 Å². The third-order valence-corrected chi connectivity index (χ3v) is 3.45. The molecule has 6 heteroatoms. The van der Waals surface area contributed by atoms with Crippen LogP contribution in [0.25, 0.3) is 0 Å². The molecule has 5 nitrogen and oxygen atoms in total. The Hall–Kier alpha value is -1.30. The zero-order chi connectivity index (χ0) is 13.8. The van der Waals surface area contributed by atoms with Gasteiger partial charge in [-0.05, 0) is 24.6 Å². The van der Waals surface area contributed by atoms with E-state index in [-0.39, 0.29) is 12.0 Å². The predicted octanol–water partition coefficient (Wildman–Crippen LogP) is 1.58. The Bertz CT molecular complexity index is 467. The van der Waals surface area contributed by atoms with Crippen LogP contribution in [0.1, 0.15) is 6.42 Å². The zero-order valence-corrected chi connectivity index (χ0v) is 11.6. The largest absolute Gasteiger partial charge is 0.397 e. The fourth-order valence-corrected chi connectivity index (χ4v) is 2.35. The van der Waals surface area contributed by atoms with Gasteiger partial charge in [-0.3, -0.25) is 9.69 Å². The average molecular weight is 284 g/mol. The van der Waals surface area contributed by atoms with E-state index in [1.165, 1.54) is 0 Å².